The minimum atomic E-state index is -3.40. The molecular weight excluding hydrogens is 228 g/mol. The van der Waals surface area contributed by atoms with Crippen LogP contribution in [0.5, 0.6) is 0 Å². The smallest absolute Gasteiger partial charge is 0.264 e. The Bertz CT molecular complexity index is 399. The third-order valence-electron chi connectivity index (χ3n) is 1.80. The first-order valence-corrected chi connectivity index (χ1v) is 6.79. The van der Waals surface area contributed by atoms with Crippen molar-refractivity contribution in [1.29, 1.82) is 0 Å². The molecule has 1 aromatic carbocycles. The van der Waals surface area contributed by atoms with E-state index in [1.807, 2.05) is 30.3 Å². The van der Waals surface area contributed by atoms with E-state index in [9.17, 15) is 8.42 Å². The first kappa shape index (κ1) is 13.2. The molecule has 1 rings (SSSR count). The predicted molar refractivity (Wildman–Crippen MR) is 61.5 cm³/mol. The molecule has 0 spiro atoms. The Morgan fingerprint density at radius 3 is 2.44 bits per heavy atom. The molecule has 0 saturated carbocycles. The molecule has 0 radical (unpaired) electrons. The summed E-state index contributed by atoms with van der Waals surface area (Å²) in [4.78, 5) is 0. The second kappa shape index (κ2) is 5.98. The number of benzene rings is 1. The molecule has 0 N–H and O–H groups in total. The highest BCUT2D eigenvalue weighted by atomic mass is 32.2. The maximum atomic E-state index is 10.8. The van der Waals surface area contributed by atoms with Gasteiger partial charge in [0.05, 0.1) is 25.6 Å². The molecule has 0 bridgehead atoms. The van der Waals surface area contributed by atoms with Crippen LogP contribution in [0, 0.1) is 0 Å². The van der Waals surface area contributed by atoms with Crippen LogP contribution in [0.4, 0.5) is 0 Å². The van der Waals surface area contributed by atoms with Gasteiger partial charge in [0.1, 0.15) is 0 Å². The lowest BCUT2D eigenvalue weighted by Gasteiger charge is -2.11. The van der Waals surface area contributed by atoms with Crippen LogP contribution in [-0.2, 0) is 25.6 Å². The first-order chi connectivity index (χ1) is 7.47. The van der Waals surface area contributed by atoms with Gasteiger partial charge < -0.3 is 4.74 Å². The first-order valence-electron chi connectivity index (χ1n) is 4.97. The highest BCUT2D eigenvalue weighted by Gasteiger charge is 2.09. The lowest BCUT2D eigenvalue weighted by molar-refractivity contribution is 0.0526. The molecule has 0 aromatic heterocycles. The Kier molecular flexibility index (Phi) is 4.92. The van der Waals surface area contributed by atoms with Crippen LogP contribution in [0.1, 0.15) is 12.5 Å². The minimum Gasteiger partial charge on any atom is -0.374 e. The Labute approximate surface area is 96.3 Å². The van der Waals surface area contributed by atoms with Crippen LogP contribution >= 0.6 is 0 Å². The molecule has 0 aliphatic carbocycles. The van der Waals surface area contributed by atoms with Gasteiger partial charge in [-0.2, -0.15) is 8.42 Å². The molecule has 0 fully saturated rings. The van der Waals surface area contributed by atoms with Crippen molar-refractivity contribution in [3.8, 4) is 0 Å². The zero-order chi connectivity index (χ0) is 12.0. The average Bonchev–Trinajstić information content (AvgIpc) is 2.16. The topological polar surface area (TPSA) is 52.6 Å². The van der Waals surface area contributed by atoms with Gasteiger partial charge in [0.15, 0.2) is 0 Å². The largest absolute Gasteiger partial charge is 0.374 e. The fourth-order valence-corrected chi connectivity index (χ4v) is 1.90. The molecule has 16 heavy (non-hydrogen) atoms. The third-order valence-corrected chi connectivity index (χ3v) is 2.48. The molecule has 0 saturated heterocycles. The number of ether oxygens (including phenoxy) is 1. The van der Waals surface area contributed by atoms with Gasteiger partial charge in [-0.25, -0.2) is 0 Å². The van der Waals surface area contributed by atoms with E-state index in [1.165, 1.54) is 0 Å². The van der Waals surface area contributed by atoms with Crippen LogP contribution in [0.2, 0.25) is 0 Å². The number of rotatable bonds is 6. The highest BCUT2D eigenvalue weighted by molar-refractivity contribution is 7.86. The lowest BCUT2D eigenvalue weighted by atomic mass is 10.2. The fourth-order valence-electron chi connectivity index (χ4n) is 1.24. The summed E-state index contributed by atoms with van der Waals surface area (Å²) in [5.74, 6) is 0. The summed E-state index contributed by atoms with van der Waals surface area (Å²) in [6.45, 7) is 2.37. The van der Waals surface area contributed by atoms with E-state index in [2.05, 4.69) is 0 Å². The highest BCUT2D eigenvalue weighted by Crippen LogP contribution is 2.03. The van der Waals surface area contributed by atoms with E-state index in [0.29, 0.717) is 6.61 Å². The monoisotopic (exact) mass is 244 g/mol. The van der Waals surface area contributed by atoms with Crippen molar-refractivity contribution in [3.63, 3.8) is 0 Å². The van der Waals surface area contributed by atoms with Crippen LogP contribution in [-0.4, -0.2) is 27.4 Å². The standard InChI is InChI=1S/C11H16O4S/c1-10(15-16(2,12)13)8-14-9-11-6-4-3-5-7-11/h3-7,10H,8-9H2,1-2H3. The molecule has 0 aliphatic heterocycles. The van der Waals surface area contributed by atoms with Crippen molar-refractivity contribution in [2.75, 3.05) is 12.9 Å². The van der Waals surface area contributed by atoms with Crippen molar-refractivity contribution in [3.05, 3.63) is 35.9 Å². The minimum absolute atomic E-state index is 0.252. The van der Waals surface area contributed by atoms with E-state index in [4.69, 9.17) is 8.92 Å². The second-order valence-electron chi connectivity index (χ2n) is 3.61. The zero-order valence-electron chi connectivity index (χ0n) is 9.42. The Balaban J connectivity index is 2.26. The summed E-state index contributed by atoms with van der Waals surface area (Å²) < 4.78 is 31.7. The van der Waals surface area contributed by atoms with Gasteiger partial charge in [-0.3, -0.25) is 4.18 Å². The molecule has 0 amide bonds. The Morgan fingerprint density at radius 1 is 1.25 bits per heavy atom. The van der Waals surface area contributed by atoms with Crippen LogP contribution in [0.25, 0.3) is 0 Å². The average molecular weight is 244 g/mol. The van der Waals surface area contributed by atoms with Crippen molar-refractivity contribution in [2.24, 2.45) is 0 Å². The number of hydrogen-bond acceptors (Lipinski definition) is 4. The van der Waals surface area contributed by atoms with Crippen LogP contribution in [0.15, 0.2) is 30.3 Å². The van der Waals surface area contributed by atoms with Gasteiger partial charge in [0.2, 0.25) is 0 Å². The van der Waals surface area contributed by atoms with E-state index < -0.39 is 16.2 Å². The molecule has 1 aromatic rings. The van der Waals surface area contributed by atoms with Gasteiger partial charge in [0, 0.05) is 0 Å². The van der Waals surface area contributed by atoms with Gasteiger partial charge in [0.25, 0.3) is 10.1 Å². The van der Waals surface area contributed by atoms with Crippen molar-refractivity contribution in [2.45, 2.75) is 19.6 Å². The summed E-state index contributed by atoms with van der Waals surface area (Å²) in [5.41, 5.74) is 1.05. The van der Waals surface area contributed by atoms with E-state index in [-0.39, 0.29) is 6.61 Å². The molecule has 1 atom stereocenters. The van der Waals surface area contributed by atoms with Crippen LogP contribution < -0.4 is 0 Å². The van der Waals surface area contributed by atoms with E-state index in [1.54, 1.807) is 6.92 Å². The van der Waals surface area contributed by atoms with Crippen molar-refractivity contribution >= 4 is 10.1 Å². The SMILES string of the molecule is CC(COCc1ccccc1)OS(C)(=O)=O. The quantitative estimate of drug-likeness (QED) is 0.713. The van der Waals surface area contributed by atoms with Crippen LogP contribution in [0.3, 0.4) is 0 Å². The lowest BCUT2D eigenvalue weighted by Crippen LogP contribution is -2.19. The summed E-state index contributed by atoms with van der Waals surface area (Å²) in [5, 5.41) is 0. The Morgan fingerprint density at radius 2 is 1.88 bits per heavy atom. The van der Waals surface area contributed by atoms with Gasteiger partial charge in [-0.05, 0) is 12.5 Å². The van der Waals surface area contributed by atoms with Crippen molar-refractivity contribution in [1.82, 2.24) is 0 Å². The second-order valence-corrected chi connectivity index (χ2v) is 5.21. The predicted octanol–water partition coefficient (Wildman–Crippen LogP) is 1.57. The van der Waals surface area contributed by atoms with Gasteiger partial charge in [-0.1, -0.05) is 30.3 Å². The fraction of sp³-hybridized carbons (Fsp3) is 0.455. The number of hydrogen-bond donors (Lipinski definition) is 0. The Hall–Kier alpha value is -0.910. The summed E-state index contributed by atoms with van der Waals surface area (Å²) >= 11 is 0. The van der Waals surface area contributed by atoms with E-state index >= 15 is 0 Å². The summed E-state index contributed by atoms with van der Waals surface area (Å²) in [6.07, 6.45) is 0.569. The molecular formula is C11H16O4S. The van der Waals surface area contributed by atoms with E-state index in [0.717, 1.165) is 11.8 Å². The van der Waals surface area contributed by atoms with Gasteiger partial charge in [-0.15, -0.1) is 0 Å². The molecule has 0 heterocycles. The maximum Gasteiger partial charge on any atom is 0.264 e. The van der Waals surface area contributed by atoms with Crippen molar-refractivity contribution < 1.29 is 17.3 Å². The molecule has 1 unspecified atom stereocenters. The third kappa shape index (κ3) is 5.85. The molecule has 4 nitrogen and oxygen atoms in total. The summed E-state index contributed by atoms with van der Waals surface area (Å²) in [6, 6.07) is 9.67. The normalized spacial score (nSPS) is 13.6. The zero-order valence-corrected chi connectivity index (χ0v) is 10.2. The molecule has 5 heteroatoms. The van der Waals surface area contributed by atoms with Gasteiger partial charge >= 0.3 is 0 Å². The molecule has 90 valence electrons. The maximum absolute atomic E-state index is 10.8. The molecule has 0 aliphatic rings. The summed E-state index contributed by atoms with van der Waals surface area (Å²) in [7, 11) is -3.40.